The Morgan fingerprint density at radius 2 is 1.60 bits per heavy atom. The summed E-state index contributed by atoms with van der Waals surface area (Å²) in [5.41, 5.74) is 6.67. The maximum absolute atomic E-state index is 15.3. The quantitative estimate of drug-likeness (QED) is 0.0458. The molecule has 10 amide bonds. The SMILES string of the molecule is CC[C@H](C)[C@@H]1CC(=O)CNC(=O)[C@H]2CC(=O)[C@H]([C@@H](C)[C@@H](O)CO)NC(=O)[C@@H]3C[C@@H](O)CN3C(=O)[C@H](CC(N)=O)NC(=O)[C@H](CS(=O)c3[nH]c4c(CSCCCCNC(=O)CCCC(=O)CN5C(=O)CCC5=O)c(OC)ccc4c3C2)NC(=O)CNC1=O. The second-order valence-electron chi connectivity index (χ2n) is 22.6. The molecule has 30 heteroatoms. The summed E-state index contributed by atoms with van der Waals surface area (Å²) in [6, 6.07) is -3.73. The fourth-order valence-corrected chi connectivity index (χ4v) is 13.5. The van der Waals surface area contributed by atoms with Crippen LogP contribution in [0.2, 0.25) is 0 Å². The number of ketones is 3. The minimum atomic E-state index is -2.42. The molecule has 2 saturated heterocycles. The van der Waals surface area contributed by atoms with E-state index < -0.39 is 188 Å². The second kappa shape index (κ2) is 32.2. The Morgan fingerprint density at radius 1 is 0.885 bits per heavy atom. The molecule has 11 atom stereocenters. The highest BCUT2D eigenvalue weighted by Gasteiger charge is 2.45. The zero-order chi connectivity index (χ0) is 63.8. The van der Waals surface area contributed by atoms with Gasteiger partial charge in [0.05, 0.1) is 80.1 Å². The zero-order valence-electron chi connectivity index (χ0n) is 49.2. The molecular weight excluding hydrogens is 1180 g/mol. The number of methoxy groups -OCH3 is 1. The van der Waals surface area contributed by atoms with Crippen molar-refractivity contribution in [1.29, 1.82) is 0 Å². The first-order chi connectivity index (χ1) is 41.3. The van der Waals surface area contributed by atoms with E-state index in [1.165, 1.54) is 25.8 Å². The minimum absolute atomic E-state index is 0.0282. The van der Waals surface area contributed by atoms with Crippen LogP contribution in [0, 0.1) is 23.7 Å². The molecule has 4 aliphatic rings. The number of thioether (sulfide) groups is 1. The molecule has 28 nitrogen and oxygen atoms in total. The average molecular weight is 1260 g/mol. The molecule has 2 aromatic rings. The van der Waals surface area contributed by atoms with E-state index in [1.807, 2.05) is 0 Å². The first-order valence-electron chi connectivity index (χ1n) is 29.2. The van der Waals surface area contributed by atoms with Crippen LogP contribution in [0.5, 0.6) is 5.75 Å². The monoisotopic (exact) mass is 1260 g/mol. The molecule has 0 spiro atoms. The summed E-state index contributed by atoms with van der Waals surface area (Å²) >= 11 is 1.47. The van der Waals surface area contributed by atoms with Crippen molar-refractivity contribution in [2.75, 3.05) is 57.9 Å². The van der Waals surface area contributed by atoms with E-state index in [0.29, 0.717) is 53.8 Å². The lowest BCUT2D eigenvalue weighted by Gasteiger charge is -2.32. The van der Waals surface area contributed by atoms with Crippen molar-refractivity contribution in [2.45, 2.75) is 151 Å². The number of likely N-dealkylation sites (tertiary alicyclic amines) is 1. The zero-order valence-corrected chi connectivity index (χ0v) is 50.9. The van der Waals surface area contributed by atoms with Crippen molar-refractivity contribution in [3.63, 3.8) is 0 Å². The van der Waals surface area contributed by atoms with E-state index in [2.05, 4.69) is 36.9 Å². The number of nitrogens with zero attached hydrogens (tertiary/aromatic N) is 2. The van der Waals surface area contributed by atoms with E-state index in [1.54, 1.807) is 26.0 Å². The molecule has 0 saturated carbocycles. The van der Waals surface area contributed by atoms with Gasteiger partial charge in [-0.1, -0.05) is 27.2 Å². The highest BCUT2D eigenvalue weighted by Crippen LogP contribution is 2.37. The average Bonchev–Trinajstić information content (AvgIpc) is 1.70. The fraction of sp³-hybridized carbons (Fsp3) is 0.632. The van der Waals surface area contributed by atoms with Crippen LogP contribution in [-0.2, 0) is 85.3 Å². The number of benzene rings is 1. The van der Waals surface area contributed by atoms with Gasteiger partial charge in [0.1, 0.15) is 28.9 Å². The molecule has 12 N–H and O–H groups in total. The van der Waals surface area contributed by atoms with Crippen molar-refractivity contribution in [2.24, 2.45) is 29.4 Å². The number of aliphatic hydroxyl groups is 3. The third kappa shape index (κ3) is 18.5. The minimum Gasteiger partial charge on any atom is -0.496 e. The number of aromatic nitrogens is 1. The number of fused-ring (bicyclic) bond motifs is 5. The van der Waals surface area contributed by atoms with E-state index in [4.69, 9.17) is 10.5 Å². The number of aliphatic hydroxyl groups excluding tert-OH is 3. The summed E-state index contributed by atoms with van der Waals surface area (Å²) in [5.74, 6) is -13.6. The fourth-order valence-electron chi connectivity index (χ4n) is 11.0. The predicted molar refractivity (Wildman–Crippen MR) is 313 cm³/mol. The van der Waals surface area contributed by atoms with Crippen LogP contribution in [0.15, 0.2) is 17.2 Å². The number of primary amides is 1. The number of hydrogen-bond acceptors (Lipinski definition) is 19. The number of carbonyl (C=O) groups excluding carboxylic acids is 13. The largest absolute Gasteiger partial charge is 0.496 e. The van der Waals surface area contributed by atoms with Crippen LogP contribution in [0.3, 0.4) is 0 Å². The smallest absolute Gasteiger partial charge is 0.246 e. The van der Waals surface area contributed by atoms with Crippen LogP contribution in [0.1, 0.15) is 109 Å². The molecule has 6 rings (SSSR count). The molecule has 1 aromatic heterocycles. The molecule has 4 aliphatic heterocycles. The summed E-state index contributed by atoms with van der Waals surface area (Å²) in [6.07, 6.45) is -3.76. The number of rotatable bonds is 21. The lowest BCUT2D eigenvalue weighted by atomic mass is 9.85. The first kappa shape index (κ1) is 69.0. The van der Waals surface area contributed by atoms with Gasteiger partial charge in [0.15, 0.2) is 17.3 Å². The molecule has 5 heterocycles. The van der Waals surface area contributed by atoms with Gasteiger partial charge < -0.3 is 67.6 Å². The highest BCUT2D eigenvalue weighted by atomic mass is 32.2. The van der Waals surface area contributed by atoms with Gasteiger partial charge in [0.2, 0.25) is 59.1 Å². The summed E-state index contributed by atoms with van der Waals surface area (Å²) in [4.78, 5) is 181. The third-order valence-electron chi connectivity index (χ3n) is 16.3. The maximum Gasteiger partial charge on any atom is 0.246 e. The number of H-pyrrole nitrogens is 1. The third-order valence-corrected chi connectivity index (χ3v) is 18.8. The van der Waals surface area contributed by atoms with E-state index in [-0.39, 0.29) is 78.5 Å². The van der Waals surface area contributed by atoms with E-state index >= 15 is 4.21 Å². The predicted octanol–water partition coefficient (Wildman–Crippen LogP) is -2.42. The summed E-state index contributed by atoms with van der Waals surface area (Å²) < 4.78 is 21.1. The van der Waals surface area contributed by atoms with Gasteiger partial charge in [-0.15, -0.1) is 0 Å². The molecule has 478 valence electrons. The van der Waals surface area contributed by atoms with Crippen LogP contribution >= 0.6 is 11.8 Å². The van der Waals surface area contributed by atoms with E-state index in [9.17, 15) is 77.6 Å². The number of hydrogen-bond donors (Lipinski definition) is 11. The number of Topliss-reactive ketones (excluding diaryl/α,β-unsaturated/α-hetero) is 3. The van der Waals surface area contributed by atoms with Gasteiger partial charge in [-0.25, -0.2) is 0 Å². The van der Waals surface area contributed by atoms with Crippen LogP contribution < -0.4 is 42.4 Å². The Hall–Kier alpha value is -7.15. The first-order valence-corrected chi connectivity index (χ1v) is 31.7. The normalized spacial score (nSPS) is 25.1. The maximum atomic E-state index is 15.3. The number of unbranched alkanes of at least 4 members (excludes halogenated alkanes) is 1. The van der Waals surface area contributed by atoms with Crippen molar-refractivity contribution in [3.05, 3.63) is 23.3 Å². The number of amides is 10. The number of nitrogens with one attached hydrogen (secondary N) is 7. The Bertz CT molecular complexity index is 2980. The summed E-state index contributed by atoms with van der Waals surface area (Å²) in [7, 11) is -0.991. The topological polar surface area (TPSA) is 429 Å². The molecule has 2 fully saturated rings. The molecule has 2 bridgehead atoms. The Balaban J connectivity index is 1.38. The Labute approximate surface area is 508 Å². The van der Waals surface area contributed by atoms with Gasteiger partial charge in [-0.3, -0.25) is 71.4 Å². The molecule has 1 aromatic carbocycles. The summed E-state index contributed by atoms with van der Waals surface area (Å²) in [5, 5.41) is 47.6. The van der Waals surface area contributed by atoms with Crippen LogP contribution in [0.25, 0.3) is 10.9 Å². The number of ether oxygens (including phenoxy) is 1. The van der Waals surface area contributed by atoms with Crippen molar-refractivity contribution >= 4 is 110 Å². The van der Waals surface area contributed by atoms with Gasteiger partial charge in [-0.2, -0.15) is 11.8 Å². The van der Waals surface area contributed by atoms with E-state index in [0.717, 1.165) is 9.80 Å². The van der Waals surface area contributed by atoms with Crippen molar-refractivity contribution < 1.29 is 86.6 Å². The molecule has 0 aliphatic carbocycles. The lowest BCUT2D eigenvalue weighted by Crippen LogP contribution is -2.60. The van der Waals surface area contributed by atoms with Crippen LogP contribution in [-0.4, -0.2) is 205 Å². The second-order valence-corrected chi connectivity index (χ2v) is 25.1. The molecule has 1 unspecified atom stereocenters. The number of imide groups is 1. The number of nitrogens with two attached hydrogens (primary N) is 1. The van der Waals surface area contributed by atoms with Gasteiger partial charge in [0.25, 0.3) is 0 Å². The molecule has 0 radical (unpaired) electrons. The van der Waals surface area contributed by atoms with Crippen molar-refractivity contribution in [3.8, 4) is 5.75 Å². The Kier molecular flexibility index (Phi) is 25.5. The van der Waals surface area contributed by atoms with Gasteiger partial charge >= 0.3 is 0 Å². The lowest BCUT2D eigenvalue weighted by molar-refractivity contribution is -0.144. The number of carbonyl (C=O) groups is 13. The highest BCUT2D eigenvalue weighted by molar-refractivity contribution is 7.98. The van der Waals surface area contributed by atoms with Gasteiger partial charge in [-0.05, 0) is 55.1 Å². The summed E-state index contributed by atoms with van der Waals surface area (Å²) in [6.45, 7) is 2.08. The van der Waals surface area contributed by atoms with Crippen LogP contribution in [0.4, 0.5) is 0 Å². The molecule has 87 heavy (non-hydrogen) atoms. The van der Waals surface area contributed by atoms with Gasteiger partial charge in [0, 0.05) is 92.5 Å². The van der Waals surface area contributed by atoms with Crippen molar-refractivity contribution in [1.82, 2.24) is 46.7 Å². The molecular formula is C57H80N10O18S2. The standard InChI is InChI=1S/C57H80N10O18S2/c1-5-29(2)36-19-33(70)22-60-52(79)31-17-37-35-11-12-44(85-4)38(27-86-16-7-6-15-59-46(75)10-8-9-32(69)24-67-48(77)13-14-49(67)78)51(35)65-56(37)87(84)28-40(62-47(76)23-61-53(36)80)54(81)63-39(21-45(58)74)57(83)66-25-34(71)20-41(66)55(82)64-50(42(72)18-31)30(3)43(73)26-68/h11-12,29-31,34,36,39-41,43,50,65,68,71,73H,5-10,13-28H2,1-4H3,(H2,58,74)(H,59,75)(H,60,79)(H,61,80)(H,62,76)(H,63,81)(H,64,82)/t29-,30-,31+,34+,36-,39-,40-,41-,43-,50-,87?/m0/s1. The Morgan fingerprint density at radius 3 is 2.28 bits per heavy atom. The number of aromatic amines is 1.